The van der Waals surface area contributed by atoms with Crippen LogP contribution in [0.1, 0.15) is 25.0 Å². The third-order valence-electron chi connectivity index (χ3n) is 2.88. The molecule has 0 unspecified atom stereocenters. The van der Waals surface area contributed by atoms with Crippen LogP contribution in [0.2, 0.25) is 0 Å². The molecule has 1 aromatic rings. The summed E-state index contributed by atoms with van der Waals surface area (Å²) in [7, 11) is 0. The minimum absolute atomic E-state index is 0.405. The summed E-state index contributed by atoms with van der Waals surface area (Å²) >= 11 is 3.17. The molecule has 1 fully saturated rings. The summed E-state index contributed by atoms with van der Waals surface area (Å²) in [5, 5.41) is 3.69. The second-order valence-electron chi connectivity index (χ2n) is 4.56. The van der Waals surface area contributed by atoms with E-state index >= 15 is 0 Å². The molecule has 7 heteroatoms. The SMILES string of the molecule is NC=C(C=NCC1CC1)Cc1cn(C(F)F)nc1Br. The summed E-state index contributed by atoms with van der Waals surface area (Å²) in [6, 6.07) is 0. The minimum atomic E-state index is -2.64. The molecule has 104 valence electrons. The lowest BCUT2D eigenvalue weighted by molar-refractivity contribution is 0.0562. The zero-order chi connectivity index (χ0) is 13.8. The van der Waals surface area contributed by atoms with Crippen LogP contribution >= 0.6 is 15.9 Å². The number of allylic oxidation sites excluding steroid dienone is 1. The maximum absolute atomic E-state index is 12.5. The number of nitrogens with two attached hydrogens (primary N) is 1. The molecule has 1 heterocycles. The van der Waals surface area contributed by atoms with Gasteiger partial charge in [-0.05, 0) is 46.5 Å². The van der Waals surface area contributed by atoms with Crippen molar-refractivity contribution < 1.29 is 8.78 Å². The van der Waals surface area contributed by atoms with Gasteiger partial charge in [0.15, 0.2) is 0 Å². The van der Waals surface area contributed by atoms with Crippen LogP contribution in [-0.2, 0) is 6.42 Å². The smallest absolute Gasteiger partial charge is 0.333 e. The Hall–Kier alpha value is -1.24. The predicted molar refractivity (Wildman–Crippen MR) is 73.2 cm³/mol. The second-order valence-corrected chi connectivity index (χ2v) is 5.31. The van der Waals surface area contributed by atoms with Crippen molar-refractivity contribution in [2.75, 3.05) is 6.54 Å². The highest BCUT2D eigenvalue weighted by Gasteiger charge is 2.20. The Labute approximate surface area is 118 Å². The largest absolute Gasteiger partial charge is 0.404 e. The highest BCUT2D eigenvalue weighted by atomic mass is 79.9. The normalized spacial score (nSPS) is 16.7. The fraction of sp³-hybridized carbons (Fsp3) is 0.500. The van der Waals surface area contributed by atoms with E-state index in [0.29, 0.717) is 27.2 Å². The Morgan fingerprint density at radius 1 is 1.63 bits per heavy atom. The average molecular weight is 333 g/mol. The lowest BCUT2D eigenvalue weighted by Gasteiger charge is -1.99. The number of hydrogen-bond acceptors (Lipinski definition) is 3. The van der Waals surface area contributed by atoms with Crippen LogP contribution in [-0.4, -0.2) is 22.5 Å². The summed E-state index contributed by atoms with van der Waals surface area (Å²) in [6.07, 6.45) is 7.38. The molecule has 0 spiro atoms. The molecule has 1 saturated carbocycles. The van der Waals surface area contributed by atoms with Crippen molar-refractivity contribution in [1.82, 2.24) is 9.78 Å². The lowest BCUT2D eigenvalue weighted by atomic mass is 10.1. The fourth-order valence-electron chi connectivity index (χ4n) is 1.61. The van der Waals surface area contributed by atoms with Crippen molar-refractivity contribution in [3.05, 3.63) is 28.1 Å². The van der Waals surface area contributed by atoms with Gasteiger partial charge in [-0.15, -0.1) is 0 Å². The molecule has 0 atom stereocenters. The highest BCUT2D eigenvalue weighted by molar-refractivity contribution is 9.10. The van der Waals surface area contributed by atoms with Gasteiger partial charge in [-0.3, -0.25) is 4.99 Å². The summed E-state index contributed by atoms with van der Waals surface area (Å²) < 4.78 is 26.0. The van der Waals surface area contributed by atoms with E-state index < -0.39 is 6.55 Å². The number of aromatic nitrogens is 2. The molecule has 4 nitrogen and oxygen atoms in total. The highest BCUT2D eigenvalue weighted by Crippen LogP contribution is 2.28. The van der Waals surface area contributed by atoms with Gasteiger partial charge in [0, 0.05) is 30.9 Å². The lowest BCUT2D eigenvalue weighted by Crippen LogP contribution is -1.98. The number of halogens is 3. The van der Waals surface area contributed by atoms with E-state index in [-0.39, 0.29) is 0 Å². The van der Waals surface area contributed by atoms with Crippen molar-refractivity contribution in [3.63, 3.8) is 0 Å². The third kappa shape index (κ3) is 4.12. The van der Waals surface area contributed by atoms with Gasteiger partial charge < -0.3 is 5.73 Å². The van der Waals surface area contributed by atoms with E-state index in [1.807, 2.05) is 0 Å². The second kappa shape index (κ2) is 6.27. The Morgan fingerprint density at radius 3 is 2.89 bits per heavy atom. The van der Waals surface area contributed by atoms with Crippen molar-refractivity contribution in [2.45, 2.75) is 25.8 Å². The van der Waals surface area contributed by atoms with Crippen molar-refractivity contribution >= 4 is 22.1 Å². The Balaban J connectivity index is 1.99. The van der Waals surface area contributed by atoms with Gasteiger partial charge in [-0.2, -0.15) is 13.9 Å². The molecular weight excluding hydrogens is 318 g/mol. The van der Waals surface area contributed by atoms with Crippen molar-refractivity contribution in [2.24, 2.45) is 16.6 Å². The molecule has 2 rings (SSSR count). The van der Waals surface area contributed by atoms with Crippen LogP contribution in [0.4, 0.5) is 8.78 Å². The van der Waals surface area contributed by atoms with Gasteiger partial charge in [0.05, 0.1) is 0 Å². The summed E-state index contributed by atoms with van der Waals surface area (Å²) in [5.74, 6) is 0.712. The number of rotatable bonds is 6. The minimum Gasteiger partial charge on any atom is -0.404 e. The van der Waals surface area contributed by atoms with Crippen molar-refractivity contribution in [1.29, 1.82) is 0 Å². The van der Waals surface area contributed by atoms with E-state index in [2.05, 4.69) is 26.0 Å². The van der Waals surface area contributed by atoms with Gasteiger partial charge >= 0.3 is 6.55 Å². The van der Waals surface area contributed by atoms with Crippen LogP contribution in [0.3, 0.4) is 0 Å². The van der Waals surface area contributed by atoms with E-state index in [9.17, 15) is 8.78 Å². The molecule has 19 heavy (non-hydrogen) atoms. The van der Waals surface area contributed by atoms with Gasteiger partial charge in [-0.1, -0.05) is 0 Å². The first-order valence-electron chi connectivity index (χ1n) is 6.02. The molecule has 0 amide bonds. The van der Waals surface area contributed by atoms with Gasteiger partial charge in [0.1, 0.15) is 4.60 Å². The molecule has 0 aliphatic heterocycles. The molecule has 2 N–H and O–H groups in total. The monoisotopic (exact) mass is 332 g/mol. The number of hydrogen-bond donors (Lipinski definition) is 1. The zero-order valence-electron chi connectivity index (χ0n) is 10.3. The maximum atomic E-state index is 12.5. The molecule has 0 radical (unpaired) electrons. The first kappa shape index (κ1) is 14.2. The fourth-order valence-corrected chi connectivity index (χ4v) is 2.04. The first-order chi connectivity index (χ1) is 9.10. The van der Waals surface area contributed by atoms with Crippen LogP contribution < -0.4 is 5.73 Å². The Morgan fingerprint density at radius 2 is 2.37 bits per heavy atom. The van der Waals surface area contributed by atoms with Crippen LogP contribution in [0, 0.1) is 5.92 Å². The number of nitrogens with zero attached hydrogens (tertiary/aromatic N) is 3. The standard InChI is InChI=1S/C12H15BrF2N4/c13-11-10(7-19(18-11)12(14)15)3-9(4-16)6-17-5-8-1-2-8/h4,6-8,12H,1-3,5,16H2. The van der Waals surface area contributed by atoms with E-state index in [1.54, 1.807) is 6.21 Å². The van der Waals surface area contributed by atoms with E-state index in [1.165, 1.54) is 25.2 Å². The first-order valence-corrected chi connectivity index (χ1v) is 6.81. The molecule has 1 aromatic heterocycles. The Kier molecular flexibility index (Phi) is 4.68. The molecular formula is C12H15BrF2N4. The summed E-state index contributed by atoms with van der Waals surface area (Å²) in [4.78, 5) is 4.31. The van der Waals surface area contributed by atoms with Gasteiger partial charge in [-0.25, -0.2) is 4.68 Å². The molecule has 0 bridgehead atoms. The molecule has 1 aliphatic carbocycles. The van der Waals surface area contributed by atoms with E-state index in [4.69, 9.17) is 5.73 Å². The molecule has 0 aromatic carbocycles. The number of alkyl halides is 2. The average Bonchev–Trinajstić information content (AvgIpc) is 3.12. The summed E-state index contributed by atoms with van der Waals surface area (Å²) in [6.45, 7) is -1.83. The van der Waals surface area contributed by atoms with E-state index in [0.717, 1.165) is 12.1 Å². The van der Waals surface area contributed by atoms with Crippen molar-refractivity contribution in [3.8, 4) is 0 Å². The summed E-state index contributed by atoms with van der Waals surface area (Å²) in [5.41, 5.74) is 6.97. The van der Waals surface area contributed by atoms with Crippen LogP contribution in [0.15, 0.2) is 27.6 Å². The topological polar surface area (TPSA) is 56.2 Å². The number of aliphatic imine (C=N–C) groups is 1. The van der Waals surface area contributed by atoms with Gasteiger partial charge in [0.2, 0.25) is 0 Å². The van der Waals surface area contributed by atoms with Crippen LogP contribution in [0.5, 0.6) is 0 Å². The van der Waals surface area contributed by atoms with Gasteiger partial charge in [0.25, 0.3) is 0 Å². The maximum Gasteiger partial charge on any atom is 0.333 e. The van der Waals surface area contributed by atoms with Crippen LogP contribution in [0.25, 0.3) is 0 Å². The Bertz CT molecular complexity index is 492. The molecule has 1 aliphatic rings. The third-order valence-corrected chi connectivity index (χ3v) is 3.55. The quantitative estimate of drug-likeness (QED) is 0.814. The molecule has 0 saturated heterocycles. The zero-order valence-corrected chi connectivity index (χ0v) is 11.9. The predicted octanol–water partition coefficient (Wildman–Crippen LogP) is 2.91.